The van der Waals surface area contributed by atoms with Gasteiger partial charge in [-0.25, -0.2) is 0 Å². The predicted molar refractivity (Wildman–Crippen MR) is 37.0 cm³/mol. The van der Waals surface area contributed by atoms with Crippen molar-refractivity contribution in [3.8, 4) is 0 Å². The summed E-state index contributed by atoms with van der Waals surface area (Å²) in [6.07, 6.45) is 3.51. The molecular weight excluding hydrogens is 148 g/mol. The van der Waals surface area contributed by atoms with Crippen LogP contribution in [0.2, 0.25) is 0 Å². The average molecular weight is 152 g/mol. The van der Waals surface area contributed by atoms with E-state index in [1.165, 1.54) is 6.07 Å². The lowest BCUT2D eigenvalue weighted by Gasteiger charge is -1.91. The minimum Gasteiger partial charge on any atom is -0.384 e. The standard InChI is InChI=1S/C6H4N2O3/c9-8(10)6-2-1-5(11-6)7-3-4-7/h1-4H. The number of anilines is 1. The van der Waals surface area contributed by atoms with Crippen LogP contribution in [0.3, 0.4) is 0 Å². The molecule has 0 spiro atoms. The maximum Gasteiger partial charge on any atom is 0.434 e. The topological polar surface area (TPSA) is 59.3 Å². The molecule has 1 aromatic rings. The molecule has 0 aromatic carbocycles. The summed E-state index contributed by atoms with van der Waals surface area (Å²) >= 11 is 0. The molecular formula is C6H4N2O3. The van der Waals surface area contributed by atoms with Gasteiger partial charge < -0.3 is 4.42 Å². The maximum atomic E-state index is 10.1. The van der Waals surface area contributed by atoms with Crippen LogP contribution in [0.15, 0.2) is 28.9 Å². The SMILES string of the molecule is O=[N+]([O-])c1ccc(N2C=C2)o1. The molecule has 0 amide bonds. The van der Waals surface area contributed by atoms with E-state index in [2.05, 4.69) is 0 Å². The van der Waals surface area contributed by atoms with Gasteiger partial charge >= 0.3 is 5.88 Å². The van der Waals surface area contributed by atoms with E-state index in [9.17, 15) is 10.1 Å². The van der Waals surface area contributed by atoms with Gasteiger partial charge in [-0.1, -0.05) is 0 Å². The lowest BCUT2D eigenvalue weighted by atomic mass is 10.6. The molecule has 1 aromatic heterocycles. The molecule has 0 bridgehead atoms. The fraction of sp³-hybridized carbons (Fsp3) is 0. The highest BCUT2D eigenvalue weighted by atomic mass is 16.6. The Morgan fingerprint density at radius 1 is 1.45 bits per heavy atom. The first kappa shape index (κ1) is 5.96. The number of furan rings is 1. The van der Waals surface area contributed by atoms with Crippen LogP contribution in [-0.2, 0) is 0 Å². The Bertz CT molecular complexity index is 322. The number of nitrogens with zero attached hydrogens (tertiary/aromatic N) is 2. The van der Waals surface area contributed by atoms with Crippen LogP contribution in [0.1, 0.15) is 0 Å². The Kier molecular flexibility index (Phi) is 1.00. The average Bonchev–Trinajstić information content (AvgIpc) is 2.68. The summed E-state index contributed by atoms with van der Waals surface area (Å²) in [4.78, 5) is 11.2. The Morgan fingerprint density at radius 2 is 2.18 bits per heavy atom. The van der Waals surface area contributed by atoms with Crippen LogP contribution in [0.5, 0.6) is 0 Å². The highest BCUT2D eigenvalue weighted by Gasteiger charge is 2.17. The first-order chi connectivity index (χ1) is 5.27. The van der Waals surface area contributed by atoms with Crippen molar-refractivity contribution in [2.24, 2.45) is 0 Å². The van der Waals surface area contributed by atoms with Gasteiger partial charge in [0.2, 0.25) is 5.88 Å². The monoisotopic (exact) mass is 152 g/mol. The molecule has 0 radical (unpaired) electrons. The van der Waals surface area contributed by atoms with Crippen molar-refractivity contribution in [2.75, 3.05) is 4.90 Å². The summed E-state index contributed by atoms with van der Waals surface area (Å²) < 4.78 is 4.83. The largest absolute Gasteiger partial charge is 0.434 e. The van der Waals surface area contributed by atoms with Gasteiger partial charge in [-0.05, 0) is 0 Å². The zero-order valence-electron chi connectivity index (χ0n) is 5.43. The molecule has 0 N–H and O–H groups in total. The normalized spacial score (nSPS) is 13.6. The molecule has 0 aliphatic carbocycles. The summed E-state index contributed by atoms with van der Waals surface area (Å²) in [6, 6.07) is 2.88. The van der Waals surface area contributed by atoms with E-state index < -0.39 is 4.92 Å². The summed E-state index contributed by atoms with van der Waals surface area (Å²) in [5.41, 5.74) is 0. The number of rotatable bonds is 2. The van der Waals surface area contributed by atoms with Crippen LogP contribution < -0.4 is 4.90 Å². The van der Waals surface area contributed by atoms with Crippen LogP contribution in [-0.4, -0.2) is 4.92 Å². The second kappa shape index (κ2) is 1.85. The van der Waals surface area contributed by atoms with Crippen molar-refractivity contribution >= 4 is 11.8 Å². The summed E-state index contributed by atoms with van der Waals surface area (Å²) in [6.45, 7) is 0. The molecule has 1 aliphatic heterocycles. The van der Waals surface area contributed by atoms with Crippen molar-refractivity contribution in [1.29, 1.82) is 0 Å². The number of hydrogen-bond acceptors (Lipinski definition) is 4. The lowest BCUT2D eigenvalue weighted by molar-refractivity contribution is -0.401. The molecule has 0 fully saturated rings. The van der Waals surface area contributed by atoms with E-state index in [1.54, 1.807) is 23.4 Å². The molecule has 11 heavy (non-hydrogen) atoms. The molecule has 2 heterocycles. The van der Waals surface area contributed by atoms with Gasteiger partial charge in [-0.2, -0.15) is 0 Å². The highest BCUT2D eigenvalue weighted by Crippen LogP contribution is 2.28. The zero-order chi connectivity index (χ0) is 7.84. The van der Waals surface area contributed by atoms with E-state index in [0.717, 1.165) is 0 Å². The number of hydrogen-bond donors (Lipinski definition) is 0. The molecule has 1 aliphatic rings. The third-order valence-corrected chi connectivity index (χ3v) is 1.31. The Morgan fingerprint density at radius 3 is 2.64 bits per heavy atom. The van der Waals surface area contributed by atoms with Gasteiger partial charge in [-0.15, -0.1) is 0 Å². The van der Waals surface area contributed by atoms with Crippen LogP contribution in [0.25, 0.3) is 0 Å². The first-order valence-corrected chi connectivity index (χ1v) is 2.98. The minimum absolute atomic E-state index is 0.228. The van der Waals surface area contributed by atoms with E-state index in [4.69, 9.17) is 4.42 Å². The summed E-state index contributed by atoms with van der Waals surface area (Å²) in [5.74, 6) is 0.255. The first-order valence-electron chi connectivity index (χ1n) is 2.98. The van der Waals surface area contributed by atoms with Crippen LogP contribution >= 0.6 is 0 Å². The third kappa shape index (κ3) is 0.958. The Labute approximate surface area is 61.7 Å². The van der Waals surface area contributed by atoms with Gasteiger partial charge in [-0.3, -0.25) is 15.0 Å². The molecule has 0 atom stereocenters. The molecule has 0 saturated heterocycles. The Hall–Kier alpha value is -1.78. The molecule has 5 nitrogen and oxygen atoms in total. The Balaban J connectivity index is 2.25. The zero-order valence-corrected chi connectivity index (χ0v) is 5.43. The third-order valence-electron chi connectivity index (χ3n) is 1.31. The van der Waals surface area contributed by atoms with Crippen molar-refractivity contribution in [2.45, 2.75) is 0 Å². The fourth-order valence-electron chi connectivity index (χ4n) is 0.735. The molecule has 56 valence electrons. The van der Waals surface area contributed by atoms with Gasteiger partial charge in [0.15, 0.2) is 0 Å². The van der Waals surface area contributed by atoms with Crippen LogP contribution in [0, 0.1) is 10.1 Å². The molecule has 0 saturated carbocycles. The van der Waals surface area contributed by atoms with Crippen LogP contribution in [0.4, 0.5) is 11.8 Å². The van der Waals surface area contributed by atoms with Gasteiger partial charge in [0.25, 0.3) is 0 Å². The second-order valence-corrected chi connectivity index (χ2v) is 2.07. The molecule has 5 heteroatoms. The fourth-order valence-corrected chi connectivity index (χ4v) is 0.735. The number of nitro groups is 1. The van der Waals surface area contributed by atoms with Crippen molar-refractivity contribution in [3.05, 3.63) is 34.6 Å². The highest BCUT2D eigenvalue weighted by molar-refractivity contribution is 5.53. The second-order valence-electron chi connectivity index (χ2n) is 2.07. The van der Waals surface area contributed by atoms with Crippen molar-refractivity contribution in [1.82, 2.24) is 0 Å². The van der Waals surface area contributed by atoms with Crippen molar-refractivity contribution < 1.29 is 9.34 Å². The van der Waals surface area contributed by atoms with Gasteiger partial charge in [0, 0.05) is 18.5 Å². The minimum atomic E-state index is -0.562. The molecule has 0 unspecified atom stereocenters. The van der Waals surface area contributed by atoms with E-state index >= 15 is 0 Å². The van der Waals surface area contributed by atoms with E-state index in [0.29, 0.717) is 5.88 Å². The quantitative estimate of drug-likeness (QED) is 0.475. The van der Waals surface area contributed by atoms with E-state index in [1.807, 2.05) is 0 Å². The smallest absolute Gasteiger partial charge is 0.384 e. The van der Waals surface area contributed by atoms with E-state index in [-0.39, 0.29) is 5.88 Å². The molecule has 2 rings (SSSR count). The van der Waals surface area contributed by atoms with Gasteiger partial charge in [0.05, 0.1) is 6.07 Å². The van der Waals surface area contributed by atoms with Gasteiger partial charge in [0.1, 0.15) is 4.92 Å². The van der Waals surface area contributed by atoms with Crippen molar-refractivity contribution in [3.63, 3.8) is 0 Å². The maximum absolute atomic E-state index is 10.1. The predicted octanol–water partition coefficient (Wildman–Crippen LogP) is 1.48. The lowest BCUT2D eigenvalue weighted by Crippen LogP contribution is -1.86. The summed E-state index contributed by atoms with van der Waals surface area (Å²) in [5, 5.41) is 10.1. The summed E-state index contributed by atoms with van der Waals surface area (Å²) in [7, 11) is 0.